The molecule has 1 aromatic carbocycles. The van der Waals surface area contributed by atoms with Crippen LogP contribution < -0.4 is 5.73 Å². The smallest absolute Gasteiger partial charge is 0.338 e. The Morgan fingerprint density at radius 1 is 1.30 bits per heavy atom. The summed E-state index contributed by atoms with van der Waals surface area (Å²) >= 11 is 0. The van der Waals surface area contributed by atoms with Gasteiger partial charge in [-0.2, -0.15) is 0 Å². The lowest BCUT2D eigenvalue weighted by Gasteiger charge is -2.07. The molecule has 20 heavy (non-hydrogen) atoms. The highest BCUT2D eigenvalue weighted by Crippen LogP contribution is 2.20. The van der Waals surface area contributed by atoms with Crippen LogP contribution in [0.1, 0.15) is 18.1 Å². The van der Waals surface area contributed by atoms with E-state index >= 15 is 0 Å². The standard InChI is InChI=1S/C16H16N2O2/c1-2-20-16(19)14(13-6-4-3-5-7-13)10-12-8-9-18-15(17)11-12/h3-11H,2H2,1H3,(H2,17,18)/b14-10+. The van der Waals surface area contributed by atoms with Crippen molar-refractivity contribution in [2.75, 3.05) is 12.3 Å². The molecule has 0 amide bonds. The second-order valence-electron chi connectivity index (χ2n) is 4.16. The number of rotatable bonds is 4. The predicted octanol–water partition coefficient (Wildman–Crippen LogP) is 2.77. The number of aromatic nitrogens is 1. The molecule has 4 nitrogen and oxygen atoms in total. The third kappa shape index (κ3) is 3.45. The first-order valence-electron chi connectivity index (χ1n) is 6.36. The van der Waals surface area contributed by atoms with Crippen molar-refractivity contribution in [3.8, 4) is 0 Å². The number of ether oxygens (including phenoxy) is 1. The Morgan fingerprint density at radius 2 is 2.05 bits per heavy atom. The van der Waals surface area contributed by atoms with E-state index in [1.54, 1.807) is 31.3 Å². The summed E-state index contributed by atoms with van der Waals surface area (Å²) in [6, 6.07) is 12.9. The number of carbonyl (C=O) groups is 1. The molecule has 4 heteroatoms. The van der Waals surface area contributed by atoms with Crippen molar-refractivity contribution in [2.24, 2.45) is 0 Å². The molecular weight excluding hydrogens is 252 g/mol. The maximum Gasteiger partial charge on any atom is 0.338 e. The SMILES string of the molecule is CCOC(=O)/C(=C/c1ccnc(N)c1)c1ccccc1. The minimum atomic E-state index is -0.353. The Hall–Kier alpha value is -2.62. The number of anilines is 1. The normalized spacial score (nSPS) is 11.2. The maximum absolute atomic E-state index is 12.1. The van der Waals surface area contributed by atoms with Gasteiger partial charge in [0.25, 0.3) is 0 Å². The van der Waals surface area contributed by atoms with Crippen LogP contribution in [0.3, 0.4) is 0 Å². The molecule has 0 atom stereocenters. The van der Waals surface area contributed by atoms with Gasteiger partial charge in [-0.05, 0) is 36.3 Å². The minimum absolute atomic E-state index is 0.335. The van der Waals surface area contributed by atoms with E-state index < -0.39 is 0 Å². The molecule has 2 aromatic rings. The first-order valence-corrected chi connectivity index (χ1v) is 6.36. The van der Waals surface area contributed by atoms with Crippen LogP contribution in [0.2, 0.25) is 0 Å². The van der Waals surface area contributed by atoms with Crippen LogP contribution >= 0.6 is 0 Å². The molecule has 102 valence electrons. The zero-order chi connectivity index (χ0) is 14.4. The molecule has 0 spiro atoms. The molecule has 1 aromatic heterocycles. The van der Waals surface area contributed by atoms with Gasteiger partial charge in [-0.1, -0.05) is 30.3 Å². The van der Waals surface area contributed by atoms with Crippen molar-refractivity contribution in [1.29, 1.82) is 0 Å². The Morgan fingerprint density at radius 3 is 2.70 bits per heavy atom. The van der Waals surface area contributed by atoms with Gasteiger partial charge in [0.1, 0.15) is 5.82 Å². The van der Waals surface area contributed by atoms with Crippen LogP contribution in [0.25, 0.3) is 11.6 Å². The molecule has 0 unspecified atom stereocenters. The van der Waals surface area contributed by atoms with Crippen LogP contribution in [-0.2, 0) is 9.53 Å². The third-order valence-electron chi connectivity index (χ3n) is 2.70. The van der Waals surface area contributed by atoms with E-state index in [-0.39, 0.29) is 5.97 Å². The zero-order valence-electron chi connectivity index (χ0n) is 11.2. The van der Waals surface area contributed by atoms with Gasteiger partial charge in [0, 0.05) is 6.20 Å². The fourth-order valence-electron chi connectivity index (χ4n) is 1.81. The fourth-order valence-corrected chi connectivity index (χ4v) is 1.81. The molecule has 0 aliphatic heterocycles. The Bertz CT molecular complexity index is 621. The molecule has 0 bridgehead atoms. The summed E-state index contributed by atoms with van der Waals surface area (Å²) in [5, 5.41) is 0. The number of benzene rings is 1. The quantitative estimate of drug-likeness (QED) is 0.684. The monoisotopic (exact) mass is 268 g/mol. The summed E-state index contributed by atoms with van der Waals surface area (Å²) in [6.07, 6.45) is 3.36. The van der Waals surface area contributed by atoms with Gasteiger partial charge in [-0.25, -0.2) is 9.78 Å². The predicted molar refractivity (Wildman–Crippen MR) is 79.6 cm³/mol. The first kappa shape index (κ1) is 13.8. The first-order chi connectivity index (χ1) is 9.70. The lowest BCUT2D eigenvalue weighted by Crippen LogP contribution is -2.06. The topological polar surface area (TPSA) is 65.2 Å². The van der Waals surface area contributed by atoms with Crippen molar-refractivity contribution in [3.63, 3.8) is 0 Å². The van der Waals surface area contributed by atoms with Crippen LogP contribution in [0.4, 0.5) is 5.82 Å². The number of pyridine rings is 1. The second kappa shape index (κ2) is 6.52. The number of nitrogens with zero attached hydrogens (tertiary/aromatic N) is 1. The Labute approximate surface area is 117 Å². The number of esters is 1. The van der Waals surface area contributed by atoms with E-state index in [0.29, 0.717) is 18.0 Å². The molecule has 0 saturated carbocycles. The molecular formula is C16H16N2O2. The molecule has 0 saturated heterocycles. The van der Waals surface area contributed by atoms with Crippen molar-refractivity contribution in [3.05, 3.63) is 59.8 Å². The van der Waals surface area contributed by atoms with Crippen molar-refractivity contribution in [2.45, 2.75) is 6.92 Å². The van der Waals surface area contributed by atoms with Crippen molar-refractivity contribution >= 4 is 23.4 Å². The Balaban J connectivity index is 2.44. The number of hydrogen-bond donors (Lipinski definition) is 1. The van der Waals surface area contributed by atoms with Gasteiger partial charge >= 0.3 is 5.97 Å². The van der Waals surface area contributed by atoms with Crippen molar-refractivity contribution in [1.82, 2.24) is 4.98 Å². The highest BCUT2D eigenvalue weighted by molar-refractivity contribution is 6.21. The Kier molecular flexibility index (Phi) is 4.50. The van der Waals surface area contributed by atoms with E-state index in [1.165, 1.54) is 0 Å². The average molecular weight is 268 g/mol. The summed E-state index contributed by atoms with van der Waals surface area (Å²) in [7, 11) is 0. The number of nitrogens with two attached hydrogens (primary N) is 1. The lowest BCUT2D eigenvalue weighted by molar-refractivity contribution is -0.136. The van der Waals surface area contributed by atoms with E-state index in [2.05, 4.69) is 4.98 Å². The number of nitrogen functional groups attached to an aromatic ring is 1. The van der Waals surface area contributed by atoms with Crippen LogP contribution in [0.5, 0.6) is 0 Å². The summed E-state index contributed by atoms with van der Waals surface area (Å²) in [5.41, 5.74) is 7.77. The average Bonchev–Trinajstić information content (AvgIpc) is 2.46. The minimum Gasteiger partial charge on any atom is -0.462 e. The third-order valence-corrected chi connectivity index (χ3v) is 2.70. The second-order valence-corrected chi connectivity index (χ2v) is 4.16. The van der Waals surface area contributed by atoms with Gasteiger partial charge in [-0.15, -0.1) is 0 Å². The molecule has 2 N–H and O–H groups in total. The van der Waals surface area contributed by atoms with Crippen LogP contribution in [0.15, 0.2) is 48.7 Å². The lowest BCUT2D eigenvalue weighted by atomic mass is 10.0. The summed E-state index contributed by atoms with van der Waals surface area (Å²) in [4.78, 5) is 16.0. The molecule has 0 aliphatic carbocycles. The fraction of sp³-hybridized carbons (Fsp3) is 0.125. The molecule has 0 fully saturated rings. The highest BCUT2D eigenvalue weighted by atomic mass is 16.5. The van der Waals surface area contributed by atoms with Crippen LogP contribution in [-0.4, -0.2) is 17.6 Å². The zero-order valence-corrected chi connectivity index (χ0v) is 11.2. The van der Waals surface area contributed by atoms with E-state index in [9.17, 15) is 4.79 Å². The maximum atomic E-state index is 12.1. The van der Waals surface area contributed by atoms with Gasteiger partial charge in [0.05, 0.1) is 12.2 Å². The number of hydrogen-bond acceptors (Lipinski definition) is 4. The summed E-state index contributed by atoms with van der Waals surface area (Å²) in [6.45, 7) is 2.12. The number of carbonyl (C=O) groups excluding carboxylic acids is 1. The van der Waals surface area contributed by atoms with Gasteiger partial charge < -0.3 is 10.5 Å². The highest BCUT2D eigenvalue weighted by Gasteiger charge is 2.12. The summed E-state index contributed by atoms with van der Waals surface area (Å²) in [5.74, 6) is 0.0594. The molecule has 2 rings (SSSR count). The van der Waals surface area contributed by atoms with E-state index in [4.69, 9.17) is 10.5 Å². The van der Waals surface area contributed by atoms with Gasteiger partial charge in [-0.3, -0.25) is 0 Å². The molecule has 0 aliphatic rings. The van der Waals surface area contributed by atoms with Crippen LogP contribution in [0, 0.1) is 0 Å². The van der Waals surface area contributed by atoms with E-state index in [0.717, 1.165) is 11.1 Å². The van der Waals surface area contributed by atoms with E-state index in [1.807, 2.05) is 30.3 Å². The largest absolute Gasteiger partial charge is 0.462 e. The van der Waals surface area contributed by atoms with Crippen molar-refractivity contribution < 1.29 is 9.53 Å². The summed E-state index contributed by atoms with van der Waals surface area (Å²) < 4.78 is 5.11. The van der Waals surface area contributed by atoms with Gasteiger partial charge in [0.2, 0.25) is 0 Å². The molecule has 0 radical (unpaired) electrons. The van der Waals surface area contributed by atoms with Gasteiger partial charge in [0.15, 0.2) is 0 Å². The molecule has 1 heterocycles.